The molecule has 0 bridgehead atoms. The van der Waals surface area contributed by atoms with E-state index in [1.54, 1.807) is 33.8 Å². The largest absolute Gasteiger partial charge is 0.479 e. The highest BCUT2D eigenvalue weighted by Crippen LogP contribution is 2.76. The fourth-order valence-electron chi connectivity index (χ4n) is 14.7. The van der Waals surface area contributed by atoms with Crippen molar-refractivity contribution in [2.24, 2.45) is 56.2 Å². The van der Waals surface area contributed by atoms with Crippen LogP contribution in [-0.4, -0.2) is 152 Å². The average Bonchev–Trinajstić information content (AvgIpc) is 3.53. The number of esters is 2. The smallest absolute Gasteiger partial charge is 0.335 e. The number of aliphatic carboxylic acids is 1. The summed E-state index contributed by atoms with van der Waals surface area (Å²) in [5, 5.41) is 88.9. The summed E-state index contributed by atoms with van der Waals surface area (Å²) in [6.07, 6.45) is -9.73. The van der Waals surface area contributed by atoms with Crippen LogP contribution in [0.1, 0.15) is 121 Å². The lowest BCUT2D eigenvalue weighted by molar-refractivity contribution is -0.314. The second-order valence-electron chi connectivity index (χ2n) is 23.3. The van der Waals surface area contributed by atoms with E-state index in [0.717, 1.165) is 12.0 Å². The van der Waals surface area contributed by atoms with E-state index in [9.17, 15) is 55.2 Å². The molecule has 2 saturated heterocycles. The summed E-state index contributed by atoms with van der Waals surface area (Å²) < 4.78 is 36.4. The number of hydrogen-bond acceptors (Lipinski definition) is 16. The number of carbonyl (C=O) groups excluding carboxylic acids is 2. The van der Waals surface area contributed by atoms with Gasteiger partial charge in [0, 0.05) is 22.8 Å². The third kappa shape index (κ3) is 7.96. The molecule has 6 fully saturated rings. The zero-order valence-corrected chi connectivity index (χ0v) is 41.1. The van der Waals surface area contributed by atoms with Crippen LogP contribution >= 0.6 is 0 Å². The normalized spacial score (nSPS) is 48.0. The molecule has 0 radical (unpaired) electrons. The van der Waals surface area contributed by atoms with Gasteiger partial charge in [0.2, 0.25) is 0 Å². The number of carboxylic acids is 1. The van der Waals surface area contributed by atoms with Crippen LogP contribution in [0.2, 0.25) is 0 Å². The number of carboxylic acid groups (broad SMARTS) is 1. The van der Waals surface area contributed by atoms with Crippen LogP contribution in [0.3, 0.4) is 0 Å². The fraction of sp³-hybridized carbons (Fsp3) is 0.860. The summed E-state index contributed by atoms with van der Waals surface area (Å²) in [6.45, 7) is 20.2. The van der Waals surface area contributed by atoms with Gasteiger partial charge in [-0.2, -0.15) is 0 Å². The van der Waals surface area contributed by atoms with Crippen LogP contribution in [0.5, 0.6) is 0 Å². The SMILES string of the molecule is C/C=C(/C)C(=O)O[C@H]1[C@H](OC(=O)C(C)C)[C@@]2(CO)C(CC1(C)C)C1=CCC3[C@@]4(C)CC[C@H](O[C@H]5C[C@@H](O[C@@H]6O[C@H](CO)C(O)[C@@H]6O)[C@@H](O)C(C(=O)O)O5)C(C)(C)C4CC[C@@]3(C)[C@]1(C)[C@@H](O)[C@H]2O. The van der Waals surface area contributed by atoms with Crippen LogP contribution in [-0.2, 0) is 42.8 Å². The maximum Gasteiger partial charge on any atom is 0.335 e. The molecular weight excluding hydrogens is 873 g/mol. The minimum Gasteiger partial charge on any atom is -0.479 e. The monoisotopic (exact) mass is 951 g/mol. The second kappa shape index (κ2) is 18.2. The first kappa shape index (κ1) is 52.3. The Balaban J connectivity index is 1.19. The molecule has 0 spiro atoms. The quantitative estimate of drug-likeness (QED) is 0.0640. The predicted octanol–water partition coefficient (Wildman–Crippen LogP) is 3.16. The first-order valence-electron chi connectivity index (χ1n) is 24.4. The highest BCUT2D eigenvalue weighted by Gasteiger charge is 2.76. The molecular formula is C50H78O17. The molecule has 380 valence electrons. The van der Waals surface area contributed by atoms with Gasteiger partial charge in [-0.05, 0) is 86.4 Å². The zero-order chi connectivity index (χ0) is 49.7. The summed E-state index contributed by atoms with van der Waals surface area (Å²) in [6, 6.07) is 0. The van der Waals surface area contributed by atoms with E-state index in [4.69, 9.17) is 28.4 Å². The minimum absolute atomic E-state index is 0.00561. The lowest BCUT2D eigenvalue weighted by atomic mass is 9.32. The van der Waals surface area contributed by atoms with Crippen molar-refractivity contribution in [1.82, 2.24) is 0 Å². The van der Waals surface area contributed by atoms with Crippen molar-refractivity contribution in [3.63, 3.8) is 0 Å². The molecule has 0 aromatic carbocycles. The van der Waals surface area contributed by atoms with Crippen LogP contribution < -0.4 is 0 Å². The molecule has 4 saturated carbocycles. The van der Waals surface area contributed by atoms with Crippen LogP contribution in [0.4, 0.5) is 0 Å². The minimum atomic E-state index is -1.73. The Morgan fingerprint density at radius 2 is 1.52 bits per heavy atom. The Bertz CT molecular complexity index is 1950. The van der Waals surface area contributed by atoms with Gasteiger partial charge in [-0.1, -0.05) is 80.0 Å². The highest BCUT2D eigenvalue weighted by atomic mass is 16.7. The third-order valence-corrected chi connectivity index (χ3v) is 18.9. The Hall–Kier alpha value is -2.55. The molecule has 7 rings (SSSR count). The molecule has 0 aromatic rings. The highest BCUT2D eigenvalue weighted by molar-refractivity contribution is 5.87. The van der Waals surface area contributed by atoms with Gasteiger partial charge in [0.05, 0.1) is 49.0 Å². The van der Waals surface area contributed by atoms with Crippen molar-refractivity contribution < 1.29 is 83.7 Å². The van der Waals surface area contributed by atoms with Gasteiger partial charge >= 0.3 is 17.9 Å². The van der Waals surface area contributed by atoms with Gasteiger partial charge in [0.1, 0.15) is 30.5 Å². The third-order valence-electron chi connectivity index (χ3n) is 18.9. The van der Waals surface area contributed by atoms with E-state index in [1.807, 2.05) is 20.8 Å². The van der Waals surface area contributed by atoms with Crippen LogP contribution in [0.25, 0.3) is 0 Å². The summed E-state index contributed by atoms with van der Waals surface area (Å²) in [5.41, 5.74) is -3.57. The molecule has 8 N–H and O–H groups in total. The van der Waals surface area contributed by atoms with E-state index in [0.29, 0.717) is 37.7 Å². The first-order valence-corrected chi connectivity index (χ1v) is 24.4. The number of hydrogen-bond donors (Lipinski definition) is 8. The summed E-state index contributed by atoms with van der Waals surface area (Å²) in [5.74, 6) is -3.68. The average molecular weight is 951 g/mol. The Kier molecular flexibility index (Phi) is 14.2. The lowest BCUT2D eigenvalue weighted by Gasteiger charge is -2.73. The van der Waals surface area contributed by atoms with E-state index < -0.39 is 150 Å². The molecule has 17 nitrogen and oxygen atoms in total. The number of aliphatic hydroxyl groups is 7. The Labute approximate surface area is 394 Å². The first-order chi connectivity index (χ1) is 31.1. The number of carbonyl (C=O) groups is 3. The van der Waals surface area contributed by atoms with Crippen molar-refractivity contribution >= 4 is 17.9 Å². The molecule has 5 unspecified atom stereocenters. The summed E-state index contributed by atoms with van der Waals surface area (Å²) in [7, 11) is 0. The van der Waals surface area contributed by atoms with Crippen molar-refractivity contribution in [3.8, 4) is 0 Å². The second-order valence-corrected chi connectivity index (χ2v) is 23.3. The van der Waals surface area contributed by atoms with Crippen molar-refractivity contribution in [2.45, 2.75) is 201 Å². The number of rotatable bonds is 11. The maximum absolute atomic E-state index is 13.6. The van der Waals surface area contributed by atoms with Crippen molar-refractivity contribution in [1.29, 1.82) is 0 Å². The fourth-order valence-corrected chi connectivity index (χ4v) is 14.7. The van der Waals surface area contributed by atoms with Gasteiger partial charge in [0.15, 0.2) is 24.8 Å². The van der Waals surface area contributed by atoms with Crippen LogP contribution in [0, 0.1) is 56.2 Å². The Morgan fingerprint density at radius 3 is 2.10 bits per heavy atom. The Morgan fingerprint density at radius 1 is 0.851 bits per heavy atom. The lowest BCUT2D eigenvalue weighted by Crippen LogP contribution is -2.76. The molecule has 0 aromatic heterocycles. The summed E-state index contributed by atoms with van der Waals surface area (Å²) in [4.78, 5) is 39.4. The molecule has 67 heavy (non-hydrogen) atoms. The van der Waals surface area contributed by atoms with Gasteiger partial charge < -0.3 is 69.3 Å². The number of allylic oxidation sites excluding steroid dienone is 2. The zero-order valence-electron chi connectivity index (χ0n) is 41.1. The van der Waals surface area contributed by atoms with Crippen LogP contribution in [0.15, 0.2) is 23.3 Å². The summed E-state index contributed by atoms with van der Waals surface area (Å²) >= 11 is 0. The number of fused-ring (bicyclic) bond motifs is 7. The molecule has 20 atom stereocenters. The van der Waals surface area contributed by atoms with Crippen molar-refractivity contribution in [3.05, 3.63) is 23.3 Å². The number of aliphatic hydroxyl groups excluding tert-OH is 7. The molecule has 17 heteroatoms. The number of ether oxygens (including phenoxy) is 6. The molecule has 7 aliphatic rings. The van der Waals surface area contributed by atoms with Crippen molar-refractivity contribution in [2.75, 3.05) is 13.2 Å². The predicted molar refractivity (Wildman–Crippen MR) is 238 cm³/mol. The molecule has 0 amide bonds. The molecule has 5 aliphatic carbocycles. The van der Waals surface area contributed by atoms with Gasteiger partial charge in [-0.25, -0.2) is 9.59 Å². The van der Waals surface area contributed by atoms with E-state index in [1.165, 1.54) is 0 Å². The maximum atomic E-state index is 13.6. The van der Waals surface area contributed by atoms with E-state index in [2.05, 4.69) is 33.8 Å². The van der Waals surface area contributed by atoms with Gasteiger partial charge in [0.25, 0.3) is 0 Å². The van der Waals surface area contributed by atoms with E-state index in [-0.39, 0.29) is 23.7 Å². The van der Waals surface area contributed by atoms with Gasteiger partial charge in [-0.15, -0.1) is 0 Å². The molecule has 2 heterocycles. The standard InChI is InChI=1S/C50H78O17/c1-12-24(4)43(61)66-39-40(67-42(60)23(2)3)50(22-52)26(20-45(39,5)6)25-13-14-30-47(9)17-16-31(46(7,8)29(47)15-18-48(30,10)49(25,11)37(56)38(50)57)64-32-19-27(34(54)36(65-32)41(58)59)62-44-35(55)33(53)28(21-51)63-44/h12-13,23,26-40,44,51-57H,14-22H2,1-11H3,(H,58,59)/b24-12-/t26?,27-,28-,29?,30?,31+,32-,33?,34-,35+,36?,37+,38-,39+,40+,44-,47+,48-,49+,50+/m1/s1. The van der Waals surface area contributed by atoms with E-state index >= 15 is 0 Å². The van der Waals surface area contributed by atoms with Gasteiger partial charge in [-0.3, -0.25) is 4.79 Å². The topological polar surface area (TPSA) is 268 Å². The molecule has 2 aliphatic heterocycles.